The highest BCUT2D eigenvalue weighted by Gasteiger charge is 2.48. The van der Waals surface area contributed by atoms with Crippen LogP contribution in [0.3, 0.4) is 0 Å². The second-order valence-corrected chi connectivity index (χ2v) is 6.54. The van der Waals surface area contributed by atoms with E-state index in [2.05, 4.69) is 0 Å². The van der Waals surface area contributed by atoms with Crippen molar-refractivity contribution < 1.29 is 44.9 Å². The van der Waals surface area contributed by atoms with Crippen LogP contribution in [0, 0.1) is 0 Å². The molecule has 1 saturated heterocycles. The molecular formula is C20H20O9. The van der Waals surface area contributed by atoms with E-state index < -0.39 is 36.7 Å². The highest BCUT2D eigenvalue weighted by molar-refractivity contribution is 5.73. The normalized spacial score (nSPS) is 27.1. The summed E-state index contributed by atoms with van der Waals surface area (Å²) < 4.78 is 10.5. The van der Waals surface area contributed by atoms with Gasteiger partial charge < -0.3 is 40.1 Å². The molecule has 3 rings (SSSR count). The summed E-state index contributed by atoms with van der Waals surface area (Å²) in [5.41, 5.74) is 1.35. The first-order valence-corrected chi connectivity index (χ1v) is 8.65. The van der Waals surface area contributed by atoms with E-state index in [9.17, 15) is 30.3 Å². The van der Waals surface area contributed by atoms with Crippen molar-refractivity contribution in [3.05, 3.63) is 53.6 Å². The van der Waals surface area contributed by atoms with Crippen LogP contribution in [0.15, 0.2) is 42.5 Å². The third kappa shape index (κ3) is 4.84. The number of ether oxygens (including phenoxy) is 2. The zero-order chi connectivity index (χ0) is 21.1. The van der Waals surface area contributed by atoms with Crippen molar-refractivity contribution in [1.29, 1.82) is 0 Å². The van der Waals surface area contributed by atoms with Gasteiger partial charge in [-0.3, -0.25) is 0 Å². The van der Waals surface area contributed by atoms with Crippen molar-refractivity contribution in [1.82, 2.24) is 0 Å². The molecule has 0 bridgehead atoms. The number of carboxylic acid groups (broad SMARTS) is 1. The average Bonchev–Trinajstić information content (AvgIpc) is 2.67. The van der Waals surface area contributed by atoms with Gasteiger partial charge in [-0.2, -0.15) is 0 Å². The smallest absolute Gasteiger partial charge is 0.335 e. The lowest BCUT2D eigenvalue weighted by atomic mass is 9.99. The average molecular weight is 404 g/mol. The Morgan fingerprint density at radius 2 is 1.45 bits per heavy atom. The zero-order valence-corrected chi connectivity index (χ0v) is 15.0. The number of phenolic OH excluding ortho intramolecular Hbond substituents is 2. The minimum absolute atomic E-state index is 0.0635. The number of aromatic hydroxyl groups is 2. The van der Waals surface area contributed by atoms with Crippen LogP contribution in [0.5, 0.6) is 17.2 Å². The largest absolute Gasteiger partial charge is 0.508 e. The van der Waals surface area contributed by atoms with E-state index >= 15 is 0 Å². The standard InChI is InChI=1S/C20H20O9/c21-12-7-11(8-13(22)9-12)2-1-10-3-5-14(6-4-10)28-20-17(25)15(23)16(24)18(29-20)19(26)27/h1-9,15-18,20-25H,(H,26,27). The number of rotatable bonds is 5. The van der Waals surface area contributed by atoms with Gasteiger partial charge in [-0.1, -0.05) is 24.3 Å². The maximum Gasteiger partial charge on any atom is 0.335 e. The summed E-state index contributed by atoms with van der Waals surface area (Å²) >= 11 is 0. The molecule has 2 aromatic rings. The number of hydrogen-bond donors (Lipinski definition) is 6. The van der Waals surface area contributed by atoms with Crippen LogP contribution in [0.4, 0.5) is 0 Å². The summed E-state index contributed by atoms with van der Waals surface area (Å²) in [6.07, 6.45) is -4.98. The van der Waals surface area contributed by atoms with Crippen molar-refractivity contribution in [3.63, 3.8) is 0 Å². The monoisotopic (exact) mass is 404 g/mol. The molecule has 0 saturated carbocycles. The van der Waals surface area contributed by atoms with Gasteiger partial charge in [-0.25, -0.2) is 4.79 Å². The summed E-state index contributed by atoms with van der Waals surface area (Å²) in [7, 11) is 0. The number of benzene rings is 2. The summed E-state index contributed by atoms with van der Waals surface area (Å²) in [6, 6.07) is 10.6. The van der Waals surface area contributed by atoms with Crippen molar-refractivity contribution in [2.24, 2.45) is 0 Å². The molecule has 1 heterocycles. The number of hydrogen-bond acceptors (Lipinski definition) is 8. The molecule has 29 heavy (non-hydrogen) atoms. The van der Waals surface area contributed by atoms with Crippen LogP contribution in [0.2, 0.25) is 0 Å². The Bertz CT molecular complexity index is 873. The van der Waals surface area contributed by atoms with Crippen LogP contribution in [-0.2, 0) is 9.53 Å². The summed E-state index contributed by atoms with van der Waals surface area (Å²) in [4.78, 5) is 11.1. The number of aliphatic carboxylic acids is 1. The number of phenols is 2. The van der Waals surface area contributed by atoms with E-state index in [0.717, 1.165) is 5.56 Å². The molecule has 5 atom stereocenters. The van der Waals surface area contributed by atoms with E-state index in [1.54, 1.807) is 36.4 Å². The van der Waals surface area contributed by atoms with E-state index in [-0.39, 0.29) is 17.2 Å². The Morgan fingerprint density at radius 1 is 0.862 bits per heavy atom. The first-order chi connectivity index (χ1) is 13.7. The van der Waals surface area contributed by atoms with Gasteiger partial charge in [0.05, 0.1) is 0 Å². The van der Waals surface area contributed by atoms with E-state index in [1.165, 1.54) is 18.2 Å². The van der Waals surface area contributed by atoms with Gasteiger partial charge in [-0.15, -0.1) is 0 Å². The molecule has 9 heteroatoms. The Morgan fingerprint density at radius 3 is 2.03 bits per heavy atom. The first kappa shape index (κ1) is 20.6. The zero-order valence-electron chi connectivity index (χ0n) is 15.0. The predicted octanol–water partition coefficient (Wildman–Crippen LogP) is 0.539. The molecule has 0 aliphatic carbocycles. The summed E-state index contributed by atoms with van der Waals surface area (Å²) in [5.74, 6) is -1.37. The molecule has 0 radical (unpaired) electrons. The van der Waals surface area contributed by atoms with Crippen LogP contribution in [-0.4, -0.2) is 67.3 Å². The number of aliphatic hydroxyl groups is 3. The van der Waals surface area contributed by atoms with E-state index in [4.69, 9.17) is 14.6 Å². The lowest BCUT2D eigenvalue weighted by molar-refractivity contribution is -0.271. The van der Waals surface area contributed by atoms with Crippen molar-refractivity contribution in [2.75, 3.05) is 0 Å². The maximum absolute atomic E-state index is 11.1. The van der Waals surface area contributed by atoms with Gasteiger partial charge in [0.25, 0.3) is 0 Å². The Balaban J connectivity index is 1.68. The fraction of sp³-hybridized carbons (Fsp3) is 0.250. The molecule has 1 aliphatic rings. The van der Waals surface area contributed by atoms with Gasteiger partial charge in [0, 0.05) is 6.07 Å². The van der Waals surface area contributed by atoms with Crippen molar-refractivity contribution in [3.8, 4) is 17.2 Å². The fourth-order valence-electron chi connectivity index (χ4n) is 2.85. The minimum atomic E-state index is -1.79. The third-order valence-corrected chi connectivity index (χ3v) is 4.34. The lowest BCUT2D eigenvalue weighted by Gasteiger charge is -2.38. The van der Waals surface area contributed by atoms with Crippen LogP contribution in [0.25, 0.3) is 12.2 Å². The molecular weight excluding hydrogens is 384 g/mol. The SMILES string of the molecule is O=C(O)C1OC(Oc2ccc(C=Cc3cc(O)cc(O)c3)cc2)C(O)C(O)C1O. The van der Waals surface area contributed by atoms with E-state index in [1.807, 2.05) is 0 Å². The molecule has 0 amide bonds. The molecule has 2 aromatic carbocycles. The van der Waals surface area contributed by atoms with Crippen LogP contribution >= 0.6 is 0 Å². The van der Waals surface area contributed by atoms with Gasteiger partial charge in [0.1, 0.15) is 35.6 Å². The number of carbonyl (C=O) groups is 1. The van der Waals surface area contributed by atoms with Gasteiger partial charge in [-0.05, 0) is 35.4 Å². The Kier molecular flexibility index (Phi) is 6.04. The second kappa shape index (κ2) is 8.50. The number of carboxylic acids is 1. The molecule has 0 aromatic heterocycles. The van der Waals surface area contributed by atoms with E-state index in [0.29, 0.717) is 5.56 Å². The predicted molar refractivity (Wildman–Crippen MR) is 100 cm³/mol. The molecule has 154 valence electrons. The topological polar surface area (TPSA) is 157 Å². The summed E-state index contributed by atoms with van der Waals surface area (Å²) in [5, 5.41) is 57.5. The lowest BCUT2D eigenvalue weighted by Crippen LogP contribution is -2.61. The summed E-state index contributed by atoms with van der Waals surface area (Å²) in [6.45, 7) is 0. The van der Waals surface area contributed by atoms with Crippen molar-refractivity contribution >= 4 is 18.1 Å². The first-order valence-electron chi connectivity index (χ1n) is 8.65. The van der Waals surface area contributed by atoms with Gasteiger partial charge in [0.15, 0.2) is 6.10 Å². The Labute approximate surface area is 165 Å². The van der Waals surface area contributed by atoms with Gasteiger partial charge in [0.2, 0.25) is 6.29 Å². The third-order valence-electron chi connectivity index (χ3n) is 4.34. The maximum atomic E-state index is 11.1. The fourth-order valence-corrected chi connectivity index (χ4v) is 2.85. The van der Waals surface area contributed by atoms with Crippen LogP contribution < -0.4 is 4.74 Å². The molecule has 1 fully saturated rings. The molecule has 5 unspecified atom stereocenters. The minimum Gasteiger partial charge on any atom is -0.508 e. The van der Waals surface area contributed by atoms with Gasteiger partial charge >= 0.3 is 5.97 Å². The Hall–Kier alpha value is -3.11. The molecule has 0 spiro atoms. The molecule has 1 aliphatic heterocycles. The molecule has 9 nitrogen and oxygen atoms in total. The molecule has 6 N–H and O–H groups in total. The quantitative estimate of drug-likeness (QED) is 0.391. The highest BCUT2D eigenvalue weighted by Crippen LogP contribution is 2.26. The van der Waals surface area contributed by atoms with Crippen molar-refractivity contribution in [2.45, 2.75) is 30.7 Å². The second-order valence-electron chi connectivity index (χ2n) is 6.54. The van der Waals surface area contributed by atoms with Crippen LogP contribution in [0.1, 0.15) is 11.1 Å². The highest BCUT2D eigenvalue weighted by atomic mass is 16.7. The number of aliphatic hydroxyl groups excluding tert-OH is 3.